The van der Waals surface area contributed by atoms with E-state index in [0.717, 1.165) is 5.56 Å². The van der Waals surface area contributed by atoms with E-state index in [4.69, 9.17) is 5.11 Å². The van der Waals surface area contributed by atoms with E-state index >= 15 is 0 Å². The lowest BCUT2D eigenvalue weighted by Crippen LogP contribution is -2.22. The van der Waals surface area contributed by atoms with E-state index in [1.807, 2.05) is 16.8 Å². The normalized spacial score (nSPS) is 11.6. The molecule has 0 unspecified atom stereocenters. The van der Waals surface area contributed by atoms with Crippen LogP contribution < -0.4 is 4.72 Å². The molecule has 1 aromatic heterocycles. The molecule has 0 amide bonds. The van der Waals surface area contributed by atoms with E-state index in [1.165, 1.54) is 23.5 Å². The first-order valence-corrected chi connectivity index (χ1v) is 7.75. The molecule has 0 saturated carbocycles. The number of aliphatic hydroxyl groups is 1. The van der Waals surface area contributed by atoms with Crippen molar-refractivity contribution in [2.45, 2.75) is 18.0 Å². The van der Waals surface area contributed by atoms with Crippen LogP contribution >= 0.6 is 11.3 Å². The number of aliphatic hydroxyl groups excluding tert-OH is 1. The highest BCUT2D eigenvalue weighted by Gasteiger charge is 2.13. The number of hydrogen-bond acceptors (Lipinski definition) is 4. The van der Waals surface area contributed by atoms with E-state index in [1.54, 1.807) is 12.1 Å². The van der Waals surface area contributed by atoms with Gasteiger partial charge in [0.05, 0.1) is 11.5 Å². The summed E-state index contributed by atoms with van der Waals surface area (Å²) in [6.07, 6.45) is 0. The molecule has 4 nitrogen and oxygen atoms in total. The Balaban J connectivity index is 2.09. The van der Waals surface area contributed by atoms with Gasteiger partial charge in [-0.1, -0.05) is 12.1 Å². The second-order valence-electron chi connectivity index (χ2n) is 3.76. The molecule has 2 rings (SSSR count). The van der Waals surface area contributed by atoms with Crippen molar-refractivity contribution in [1.29, 1.82) is 0 Å². The zero-order chi connectivity index (χ0) is 13.0. The Labute approximate surface area is 110 Å². The van der Waals surface area contributed by atoms with Gasteiger partial charge >= 0.3 is 0 Å². The lowest BCUT2D eigenvalue weighted by Gasteiger charge is -2.06. The first-order chi connectivity index (χ1) is 8.62. The number of thiophene rings is 1. The van der Waals surface area contributed by atoms with E-state index < -0.39 is 10.0 Å². The quantitative estimate of drug-likeness (QED) is 0.878. The minimum atomic E-state index is -3.49. The van der Waals surface area contributed by atoms with E-state index in [0.29, 0.717) is 5.56 Å². The molecule has 2 N–H and O–H groups in total. The minimum Gasteiger partial charge on any atom is -0.392 e. The fourth-order valence-corrected chi connectivity index (χ4v) is 3.12. The van der Waals surface area contributed by atoms with Crippen LogP contribution in [0.2, 0.25) is 0 Å². The van der Waals surface area contributed by atoms with Crippen LogP contribution in [0.1, 0.15) is 11.1 Å². The zero-order valence-corrected chi connectivity index (χ0v) is 11.2. The molecule has 0 aliphatic rings. The van der Waals surface area contributed by atoms with Gasteiger partial charge in [-0.25, -0.2) is 13.1 Å². The summed E-state index contributed by atoms with van der Waals surface area (Å²) in [4.78, 5) is 0.204. The van der Waals surface area contributed by atoms with Crippen LogP contribution in [0.15, 0.2) is 46.0 Å². The Morgan fingerprint density at radius 3 is 2.39 bits per heavy atom. The monoisotopic (exact) mass is 283 g/mol. The lowest BCUT2D eigenvalue weighted by molar-refractivity contribution is 0.282. The second-order valence-corrected chi connectivity index (χ2v) is 6.31. The summed E-state index contributed by atoms with van der Waals surface area (Å²) < 4.78 is 26.4. The summed E-state index contributed by atoms with van der Waals surface area (Å²) in [6.45, 7) is 0.191. The van der Waals surface area contributed by atoms with Crippen LogP contribution in [0.4, 0.5) is 0 Å². The molecule has 0 atom stereocenters. The van der Waals surface area contributed by atoms with Crippen LogP contribution in [0.5, 0.6) is 0 Å². The number of nitrogens with one attached hydrogen (secondary N) is 1. The van der Waals surface area contributed by atoms with Crippen LogP contribution in [0.3, 0.4) is 0 Å². The van der Waals surface area contributed by atoms with Crippen molar-refractivity contribution in [3.05, 3.63) is 52.2 Å². The fraction of sp³-hybridized carbons (Fsp3) is 0.167. The number of benzene rings is 1. The summed E-state index contributed by atoms with van der Waals surface area (Å²) >= 11 is 1.53. The van der Waals surface area contributed by atoms with Crippen molar-refractivity contribution in [3.63, 3.8) is 0 Å². The van der Waals surface area contributed by atoms with Crippen molar-refractivity contribution in [2.75, 3.05) is 0 Å². The molecular weight excluding hydrogens is 270 g/mol. The molecule has 0 fully saturated rings. The molecule has 1 heterocycles. The predicted octanol–water partition coefficient (Wildman–Crippen LogP) is 1.72. The summed E-state index contributed by atoms with van der Waals surface area (Å²) in [5.74, 6) is 0. The molecule has 0 saturated heterocycles. The van der Waals surface area contributed by atoms with Gasteiger partial charge in [-0.3, -0.25) is 0 Å². The van der Waals surface area contributed by atoms with Crippen molar-refractivity contribution in [1.82, 2.24) is 4.72 Å². The Hall–Kier alpha value is -1.21. The lowest BCUT2D eigenvalue weighted by atomic mass is 10.2. The van der Waals surface area contributed by atoms with Gasteiger partial charge in [-0.05, 0) is 40.1 Å². The molecule has 0 spiro atoms. The van der Waals surface area contributed by atoms with Gasteiger partial charge in [-0.2, -0.15) is 11.3 Å². The molecule has 96 valence electrons. The average molecular weight is 283 g/mol. The minimum absolute atomic E-state index is 0.0946. The van der Waals surface area contributed by atoms with Crippen molar-refractivity contribution in [2.24, 2.45) is 0 Å². The highest BCUT2D eigenvalue weighted by molar-refractivity contribution is 7.89. The topological polar surface area (TPSA) is 66.4 Å². The number of hydrogen-bond donors (Lipinski definition) is 2. The van der Waals surface area contributed by atoms with Crippen molar-refractivity contribution >= 4 is 21.4 Å². The van der Waals surface area contributed by atoms with Gasteiger partial charge in [0.25, 0.3) is 0 Å². The average Bonchev–Trinajstić information content (AvgIpc) is 2.90. The van der Waals surface area contributed by atoms with E-state index in [2.05, 4.69) is 4.72 Å². The largest absolute Gasteiger partial charge is 0.392 e. The maximum absolute atomic E-state index is 12.0. The van der Waals surface area contributed by atoms with Crippen LogP contribution in [-0.4, -0.2) is 13.5 Å². The van der Waals surface area contributed by atoms with Crippen molar-refractivity contribution in [3.8, 4) is 0 Å². The second kappa shape index (κ2) is 5.62. The first-order valence-electron chi connectivity index (χ1n) is 5.32. The van der Waals surface area contributed by atoms with Gasteiger partial charge in [-0.15, -0.1) is 0 Å². The Kier molecular flexibility index (Phi) is 4.13. The molecule has 6 heteroatoms. The number of sulfonamides is 1. The third-order valence-corrected chi connectivity index (χ3v) is 4.61. The van der Waals surface area contributed by atoms with Crippen molar-refractivity contribution < 1.29 is 13.5 Å². The molecular formula is C12H13NO3S2. The summed E-state index contributed by atoms with van der Waals surface area (Å²) in [6, 6.07) is 8.05. The highest BCUT2D eigenvalue weighted by Crippen LogP contribution is 2.12. The third-order valence-electron chi connectivity index (χ3n) is 2.46. The summed E-state index contributed by atoms with van der Waals surface area (Å²) in [7, 11) is -3.49. The zero-order valence-electron chi connectivity index (χ0n) is 9.54. The van der Waals surface area contributed by atoms with Crippen LogP contribution in [0, 0.1) is 0 Å². The smallest absolute Gasteiger partial charge is 0.240 e. The maximum atomic E-state index is 12.0. The third kappa shape index (κ3) is 3.17. The van der Waals surface area contributed by atoms with Crippen LogP contribution in [-0.2, 0) is 23.2 Å². The molecule has 0 aliphatic carbocycles. The van der Waals surface area contributed by atoms with Crippen LogP contribution in [0.25, 0.3) is 0 Å². The Bertz CT molecular complexity index is 589. The van der Waals surface area contributed by atoms with E-state index in [9.17, 15) is 8.42 Å². The first kappa shape index (κ1) is 13.2. The predicted molar refractivity (Wildman–Crippen MR) is 70.7 cm³/mol. The molecule has 18 heavy (non-hydrogen) atoms. The number of rotatable bonds is 5. The van der Waals surface area contributed by atoms with Gasteiger partial charge in [0.15, 0.2) is 0 Å². The molecule has 1 aromatic carbocycles. The van der Waals surface area contributed by atoms with Gasteiger partial charge in [0.2, 0.25) is 10.0 Å². The van der Waals surface area contributed by atoms with Gasteiger partial charge < -0.3 is 5.11 Å². The maximum Gasteiger partial charge on any atom is 0.240 e. The standard InChI is InChI=1S/C12H13NO3S2/c14-8-10-1-3-12(4-2-10)18(15,16)13-7-11-5-6-17-9-11/h1-6,9,13-14H,7-8H2. The molecule has 0 bridgehead atoms. The molecule has 2 aromatic rings. The fourth-order valence-electron chi connectivity index (χ4n) is 1.43. The van der Waals surface area contributed by atoms with Gasteiger partial charge in [0, 0.05) is 6.54 Å². The Morgan fingerprint density at radius 1 is 1.11 bits per heavy atom. The summed E-state index contributed by atoms with van der Waals surface area (Å²) in [5.41, 5.74) is 1.63. The SMILES string of the molecule is O=S(=O)(NCc1ccsc1)c1ccc(CO)cc1. The van der Waals surface area contributed by atoms with Gasteiger partial charge in [0.1, 0.15) is 0 Å². The Morgan fingerprint density at radius 2 is 1.83 bits per heavy atom. The summed E-state index contributed by atoms with van der Waals surface area (Å²) in [5, 5.41) is 12.7. The molecule has 0 radical (unpaired) electrons. The highest BCUT2D eigenvalue weighted by atomic mass is 32.2. The molecule has 0 aliphatic heterocycles. The van der Waals surface area contributed by atoms with E-state index in [-0.39, 0.29) is 18.0 Å².